The molecule has 0 N–H and O–H groups in total. The summed E-state index contributed by atoms with van der Waals surface area (Å²) in [5.41, 5.74) is 2.31. The molecule has 0 bridgehead atoms. The minimum Gasteiger partial charge on any atom is -0.322 e. The fourth-order valence-corrected chi connectivity index (χ4v) is 3.87. The van der Waals surface area contributed by atoms with Gasteiger partial charge in [-0.2, -0.15) is 0 Å². The van der Waals surface area contributed by atoms with Gasteiger partial charge in [-0.25, -0.2) is 8.78 Å². The molecule has 0 saturated carbocycles. The molecule has 1 amide bonds. The summed E-state index contributed by atoms with van der Waals surface area (Å²) in [6.45, 7) is 2.66. The van der Waals surface area contributed by atoms with Crippen LogP contribution >= 0.6 is 11.8 Å². The summed E-state index contributed by atoms with van der Waals surface area (Å²) in [7, 11) is 0. The Labute approximate surface area is 144 Å². The molecule has 1 unspecified atom stereocenters. The van der Waals surface area contributed by atoms with E-state index in [1.54, 1.807) is 16.7 Å². The zero-order valence-corrected chi connectivity index (χ0v) is 14.0. The first kappa shape index (κ1) is 16.7. The summed E-state index contributed by atoms with van der Waals surface area (Å²) >= 11 is 1.70. The quantitative estimate of drug-likeness (QED) is 0.760. The first-order chi connectivity index (χ1) is 11.5. The molecular formula is C19H17F2NOS. The van der Waals surface area contributed by atoms with Crippen LogP contribution in [0.3, 0.4) is 0 Å². The highest BCUT2D eigenvalue weighted by Crippen LogP contribution is 2.38. The molecule has 5 heteroatoms. The second-order valence-electron chi connectivity index (χ2n) is 5.66. The molecule has 1 fully saturated rings. The maximum absolute atomic E-state index is 13.6. The van der Waals surface area contributed by atoms with Crippen molar-refractivity contribution in [1.29, 1.82) is 0 Å². The van der Waals surface area contributed by atoms with Crippen LogP contribution in [0, 0.1) is 18.6 Å². The molecule has 0 radical (unpaired) electrons. The molecule has 24 heavy (non-hydrogen) atoms. The van der Waals surface area contributed by atoms with Crippen LogP contribution < -0.4 is 0 Å². The van der Waals surface area contributed by atoms with Gasteiger partial charge in [0.2, 0.25) is 5.91 Å². The van der Waals surface area contributed by atoms with Gasteiger partial charge in [-0.1, -0.05) is 29.8 Å². The molecule has 3 rings (SSSR count). The highest BCUT2D eigenvalue weighted by atomic mass is 32.2. The van der Waals surface area contributed by atoms with Crippen LogP contribution in [0.15, 0.2) is 48.5 Å². The molecular weight excluding hydrogens is 328 g/mol. The maximum Gasteiger partial charge on any atom is 0.247 e. The Morgan fingerprint density at radius 2 is 1.96 bits per heavy atom. The van der Waals surface area contributed by atoms with Crippen molar-refractivity contribution in [3.63, 3.8) is 0 Å². The van der Waals surface area contributed by atoms with Gasteiger partial charge in [-0.3, -0.25) is 4.79 Å². The molecule has 1 heterocycles. The van der Waals surface area contributed by atoms with Gasteiger partial charge in [-0.15, -0.1) is 11.8 Å². The Morgan fingerprint density at radius 3 is 2.71 bits per heavy atom. The molecule has 0 spiro atoms. The summed E-state index contributed by atoms with van der Waals surface area (Å²) in [4.78, 5) is 14.2. The number of hydrogen-bond acceptors (Lipinski definition) is 2. The average molecular weight is 345 g/mol. The van der Waals surface area contributed by atoms with Gasteiger partial charge in [0.1, 0.15) is 17.0 Å². The molecule has 2 aromatic carbocycles. The van der Waals surface area contributed by atoms with E-state index in [2.05, 4.69) is 0 Å². The first-order valence-corrected chi connectivity index (χ1v) is 8.71. The summed E-state index contributed by atoms with van der Waals surface area (Å²) in [5.74, 6) is -0.426. The van der Waals surface area contributed by atoms with E-state index in [1.807, 2.05) is 31.2 Å². The van der Waals surface area contributed by atoms with Gasteiger partial charge in [0, 0.05) is 23.9 Å². The van der Waals surface area contributed by atoms with Crippen molar-refractivity contribution in [1.82, 2.24) is 4.90 Å². The average Bonchev–Trinajstić information content (AvgIpc) is 3.06. The van der Waals surface area contributed by atoms with Crippen molar-refractivity contribution in [2.75, 3.05) is 12.3 Å². The number of carbonyl (C=O) groups excluding carboxylic acids is 1. The lowest BCUT2D eigenvalue weighted by atomic mass is 10.1. The van der Waals surface area contributed by atoms with Gasteiger partial charge >= 0.3 is 0 Å². The number of aryl methyl sites for hydroxylation is 1. The second kappa shape index (κ2) is 7.18. The Kier molecular flexibility index (Phi) is 5.00. The molecule has 2 aromatic rings. The zero-order valence-electron chi connectivity index (χ0n) is 13.2. The minimum atomic E-state index is -0.550. The lowest BCUT2D eigenvalue weighted by Gasteiger charge is -2.23. The summed E-state index contributed by atoms with van der Waals surface area (Å²) < 4.78 is 26.8. The topological polar surface area (TPSA) is 20.3 Å². The molecule has 1 saturated heterocycles. The standard InChI is InChI=1S/C19H17F2NOS/c1-13-2-4-14(5-3-13)19-22(10-11-24-19)18(23)9-6-15-12-16(20)7-8-17(15)21/h2-9,12,19H,10-11H2,1H3/b9-6+. The van der Waals surface area contributed by atoms with E-state index in [0.717, 1.165) is 29.5 Å². The fraction of sp³-hybridized carbons (Fsp3) is 0.211. The molecule has 124 valence electrons. The molecule has 0 aromatic heterocycles. The monoisotopic (exact) mass is 345 g/mol. The Bertz CT molecular complexity index is 773. The van der Waals surface area contributed by atoms with Crippen LogP contribution in [-0.4, -0.2) is 23.1 Å². The maximum atomic E-state index is 13.6. The minimum absolute atomic E-state index is 0.0416. The molecule has 1 aliphatic rings. The third-order valence-electron chi connectivity index (χ3n) is 3.90. The van der Waals surface area contributed by atoms with Crippen LogP contribution in [0.2, 0.25) is 0 Å². The van der Waals surface area contributed by atoms with Crippen molar-refractivity contribution in [3.8, 4) is 0 Å². The van der Waals surface area contributed by atoms with Gasteiger partial charge in [0.25, 0.3) is 0 Å². The number of benzene rings is 2. The first-order valence-electron chi connectivity index (χ1n) is 7.66. The number of halogens is 2. The highest BCUT2D eigenvalue weighted by molar-refractivity contribution is 7.99. The lowest BCUT2D eigenvalue weighted by molar-refractivity contribution is -0.126. The van der Waals surface area contributed by atoms with Gasteiger partial charge in [0.05, 0.1) is 0 Å². The summed E-state index contributed by atoms with van der Waals surface area (Å²) in [6, 6.07) is 11.3. The SMILES string of the molecule is Cc1ccc(C2SCCN2C(=O)/C=C/c2cc(F)ccc2F)cc1. The van der Waals surface area contributed by atoms with E-state index < -0.39 is 11.6 Å². The van der Waals surface area contributed by atoms with E-state index in [9.17, 15) is 13.6 Å². The smallest absolute Gasteiger partial charge is 0.247 e. The van der Waals surface area contributed by atoms with Gasteiger partial charge in [0.15, 0.2) is 0 Å². The van der Waals surface area contributed by atoms with E-state index in [-0.39, 0.29) is 16.8 Å². The number of thioether (sulfide) groups is 1. The van der Waals surface area contributed by atoms with Gasteiger partial charge in [-0.05, 0) is 36.8 Å². The Balaban J connectivity index is 1.77. The largest absolute Gasteiger partial charge is 0.322 e. The van der Waals surface area contributed by atoms with Crippen LogP contribution in [0.1, 0.15) is 22.1 Å². The Hall–Kier alpha value is -2.14. The van der Waals surface area contributed by atoms with Gasteiger partial charge < -0.3 is 4.90 Å². The lowest BCUT2D eigenvalue weighted by Crippen LogP contribution is -2.28. The van der Waals surface area contributed by atoms with Crippen molar-refractivity contribution >= 4 is 23.7 Å². The van der Waals surface area contributed by atoms with Crippen LogP contribution in [-0.2, 0) is 4.79 Å². The summed E-state index contributed by atoms with van der Waals surface area (Å²) in [6.07, 6.45) is 2.64. The van der Waals surface area contributed by atoms with Crippen LogP contribution in [0.25, 0.3) is 6.08 Å². The number of carbonyl (C=O) groups is 1. The molecule has 2 nitrogen and oxygen atoms in total. The van der Waals surface area contributed by atoms with E-state index in [4.69, 9.17) is 0 Å². The highest BCUT2D eigenvalue weighted by Gasteiger charge is 2.29. The van der Waals surface area contributed by atoms with E-state index >= 15 is 0 Å². The number of amides is 1. The second-order valence-corrected chi connectivity index (χ2v) is 6.85. The normalized spacial score (nSPS) is 17.6. The van der Waals surface area contributed by atoms with Crippen LogP contribution in [0.5, 0.6) is 0 Å². The third-order valence-corrected chi connectivity index (χ3v) is 5.16. The van der Waals surface area contributed by atoms with Crippen molar-refractivity contribution in [2.45, 2.75) is 12.3 Å². The fourth-order valence-electron chi connectivity index (χ4n) is 2.60. The zero-order chi connectivity index (χ0) is 17.1. The molecule has 1 aliphatic heterocycles. The van der Waals surface area contributed by atoms with Crippen molar-refractivity contribution < 1.29 is 13.6 Å². The van der Waals surface area contributed by atoms with Crippen LogP contribution in [0.4, 0.5) is 8.78 Å². The summed E-state index contributed by atoms with van der Waals surface area (Å²) in [5, 5.41) is -0.0416. The van der Waals surface area contributed by atoms with E-state index in [1.165, 1.54) is 17.7 Å². The predicted molar refractivity (Wildman–Crippen MR) is 93.5 cm³/mol. The predicted octanol–water partition coefficient (Wildman–Crippen LogP) is 4.56. The van der Waals surface area contributed by atoms with Crippen molar-refractivity contribution in [2.24, 2.45) is 0 Å². The molecule has 0 aliphatic carbocycles. The number of rotatable bonds is 3. The molecule has 1 atom stereocenters. The third kappa shape index (κ3) is 3.67. The number of nitrogens with zero attached hydrogens (tertiary/aromatic N) is 1. The van der Waals surface area contributed by atoms with E-state index in [0.29, 0.717) is 6.54 Å². The number of hydrogen-bond donors (Lipinski definition) is 0. The Morgan fingerprint density at radius 1 is 1.21 bits per heavy atom. The van der Waals surface area contributed by atoms with Crippen molar-refractivity contribution in [3.05, 3.63) is 76.9 Å².